The van der Waals surface area contributed by atoms with E-state index in [2.05, 4.69) is 15.9 Å². The molecule has 0 heterocycles. The van der Waals surface area contributed by atoms with Crippen molar-refractivity contribution in [1.82, 2.24) is 4.90 Å². The van der Waals surface area contributed by atoms with Gasteiger partial charge in [0, 0.05) is 4.47 Å². The van der Waals surface area contributed by atoms with Crippen LogP contribution in [-0.2, 0) is 10.3 Å². The third kappa shape index (κ3) is 2.59. The quantitative estimate of drug-likeness (QED) is 0.874. The van der Waals surface area contributed by atoms with Crippen LogP contribution in [0.15, 0.2) is 28.7 Å². The van der Waals surface area contributed by atoms with Crippen LogP contribution in [0.1, 0.15) is 32.8 Å². The number of hydrogen-bond acceptors (Lipinski definition) is 2. The molecule has 0 saturated carbocycles. The molecule has 0 fully saturated rings. The molecular weight excluding hydrogens is 294 g/mol. The van der Waals surface area contributed by atoms with Crippen LogP contribution in [0.3, 0.4) is 0 Å². The van der Waals surface area contributed by atoms with Crippen molar-refractivity contribution in [3.63, 3.8) is 0 Å². The number of carbonyl (C=O) groups is 1. The van der Waals surface area contributed by atoms with Gasteiger partial charge in [-0.15, -0.1) is 0 Å². The molecule has 0 spiro atoms. The second-order valence-electron chi connectivity index (χ2n) is 4.20. The maximum atomic E-state index is 11.9. The van der Waals surface area contributed by atoms with E-state index in [0.29, 0.717) is 19.5 Å². The molecule has 0 aliphatic carbocycles. The van der Waals surface area contributed by atoms with Crippen LogP contribution in [0.25, 0.3) is 0 Å². The van der Waals surface area contributed by atoms with Crippen LogP contribution < -0.4 is 0 Å². The molecule has 0 aliphatic rings. The Labute approximate surface area is 117 Å². The third-order valence-electron chi connectivity index (χ3n) is 3.47. The lowest BCUT2D eigenvalue weighted by atomic mass is 9.85. The van der Waals surface area contributed by atoms with E-state index >= 15 is 0 Å². The van der Waals surface area contributed by atoms with Crippen molar-refractivity contribution in [2.24, 2.45) is 0 Å². The summed E-state index contributed by atoms with van der Waals surface area (Å²) in [5.41, 5.74) is -0.108. The first kappa shape index (κ1) is 15.2. The molecule has 0 bridgehead atoms. The van der Waals surface area contributed by atoms with Crippen LogP contribution in [0.4, 0.5) is 0 Å². The monoisotopic (exact) mass is 313 g/mol. The predicted octanol–water partition coefficient (Wildman–Crippen LogP) is 3.48. The molecule has 18 heavy (non-hydrogen) atoms. The summed E-state index contributed by atoms with van der Waals surface area (Å²) in [6.07, 6.45) is 0.542. The summed E-state index contributed by atoms with van der Waals surface area (Å²) in [6, 6.07) is 7.58. The fourth-order valence-corrected chi connectivity index (χ4v) is 2.93. The van der Waals surface area contributed by atoms with Crippen LogP contribution >= 0.6 is 15.9 Å². The average Bonchev–Trinajstić information content (AvgIpc) is 2.35. The van der Waals surface area contributed by atoms with Gasteiger partial charge in [0.1, 0.15) is 5.54 Å². The van der Waals surface area contributed by atoms with Crippen LogP contribution in [0, 0.1) is 0 Å². The minimum Gasteiger partial charge on any atom is -0.480 e. The van der Waals surface area contributed by atoms with Crippen molar-refractivity contribution in [3.8, 4) is 0 Å². The lowest BCUT2D eigenvalue weighted by Crippen LogP contribution is -2.51. The molecule has 1 rings (SSSR count). The van der Waals surface area contributed by atoms with E-state index in [0.717, 1.165) is 10.0 Å². The molecule has 1 unspecified atom stereocenters. The molecule has 4 heteroatoms. The molecule has 1 aromatic carbocycles. The maximum Gasteiger partial charge on any atom is 0.328 e. The molecule has 1 atom stereocenters. The summed E-state index contributed by atoms with van der Waals surface area (Å²) in [4.78, 5) is 13.9. The smallest absolute Gasteiger partial charge is 0.328 e. The Morgan fingerprint density at radius 3 is 2.33 bits per heavy atom. The summed E-state index contributed by atoms with van der Waals surface area (Å²) >= 11 is 3.41. The summed E-state index contributed by atoms with van der Waals surface area (Å²) in [7, 11) is 0. The second-order valence-corrected chi connectivity index (χ2v) is 5.12. The Bertz CT molecular complexity index is 418. The highest BCUT2D eigenvalue weighted by molar-refractivity contribution is 9.10. The topological polar surface area (TPSA) is 40.5 Å². The van der Waals surface area contributed by atoms with Gasteiger partial charge in [-0.3, -0.25) is 4.90 Å². The molecule has 0 aliphatic heterocycles. The number of rotatable bonds is 6. The van der Waals surface area contributed by atoms with Gasteiger partial charge in [0.25, 0.3) is 0 Å². The number of aliphatic carboxylic acids is 1. The summed E-state index contributed by atoms with van der Waals surface area (Å²) in [5.74, 6) is -0.785. The van der Waals surface area contributed by atoms with Gasteiger partial charge in [-0.2, -0.15) is 0 Å². The molecule has 3 nitrogen and oxygen atoms in total. The Hall–Kier alpha value is -0.870. The molecule has 0 radical (unpaired) electrons. The van der Waals surface area contributed by atoms with Gasteiger partial charge >= 0.3 is 5.97 Å². The van der Waals surface area contributed by atoms with Gasteiger partial charge in [-0.1, -0.05) is 48.8 Å². The zero-order valence-electron chi connectivity index (χ0n) is 11.1. The first-order valence-electron chi connectivity index (χ1n) is 6.27. The van der Waals surface area contributed by atoms with Crippen molar-refractivity contribution in [3.05, 3.63) is 34.3 Å². The zero-order chi connectivity index (χ0) is 13.8. The lowest BCUT2D eigenvalue weighted by molar-refractivity contribution is -0.152. The van der Waals surface area contributed by atoms with Crippen molar-refractivity contribution in [1.29, 1.82) is 0 Å². The van der Waals surface area contributed by atoms with Gasteiger partial charge in [-0.05, 0) is 37.2 Å². The highest BCUT2D eigenvalue weighted by Crippen LogP contribution is 2.33. The molecule has 0 amide bonds. The van der Waals surface area contributed by atoms with E-state index in [1.54, 1.807) is 0 Å². The molecule has 1 N–H and O–H groups in total. The highest BCUT2D eigenvalue weighted by atomic mass is 79.9. The summed E-state index contributed by atoms with van der Waals surface area (Å²) in [6.45, 7) is 7.34. The number of likely N-dealkylation sites (N-methyl/N-ethyl adjacent to an activating group) is 1. The van der Waals surface area contributed by atoms with Crippen molar-refractivity contribution in [2.45, 2.75) is 32.7 Å². The number of carboxylic acid groups (broad SMARTS) is 1. The normalized spacial score (nSPS) is 14.5. The maximum absolute atomic E-state index is 11.9. The number of benzene rings is 1. The summed E-state index contributed by atoms with van der Waals surface area (Å²) in [5, 5.41) is 9.74. The Kier molecular flexibility index (Phi) is 5.35. The molecule has 0 saturated heterocycles. The van der Waals surface area contributed by atoms with Crippen molar-refractivity contribution < 1.29 is 9.90 Å². The largest absolute Gasteiger partial charge is 0.480 e. The Morgan fingerprint density at radius 2 is 1.94 bits per heavy atom. The van der Waals surface area contributed by atoms with Gasteiger partial charge in [0.15, 0.2) is 0 Å². The van der Waals surface area contributed by atoms with Crippen LogP contribution in [0.2, 0.25) is 0 Å². The van der Waals surface area contributed by atoms with E-state index < -0.39 is 11.5 Å². The fourth-order valence-electron chi connectivity index (χ4n) is 2.53. The second kappa shape index (κ2) is 6.34. The third-order valence-corrected chi connectivity index (χ3v) is 3.96. The number of halogens is 1. The van der Waals surface area contributed by atoms with E-state index in [1.165, 1.54) is 0 Å². The van der Waals surface area contributed by atoms with Crippen LogP contribution in [0.5, 0.6) is 0 Å². The average molecular weight is 314 g/mol. The van der Waals surface area contributed by atoms with Crippen LogP contribution in [-0.4, -0.2) is 29.1 Å². The molecule has 1 aromatic rings. The predicted molar refractivity (Wildman–Crippen MR) is 76.7 cm³/mol. The Morgan fingerprint density at radius 1 is 1.33 bits per heavy atom. The number of nitrogens with zero attached hydrogens (tertiary/aromatic N) is 1. The molecular formula is C14H20BrNO2. The lowest BCUT2D eigenvalue weighted by Gasteiger charge is -2.39. The van der Waals surface area contributed by atoms with Crippen molar-refractivity contribution in [2.75, 3.05) is 13.1 Å². The minimum absolute atomic E-state index is 0.542. The van der Waals surface area contributed by atoms with Gasteiger partial charge in [0.2, 0.25) is 0 Å². The summed E-state index contributed by atoms with van der Waals surface area (Å²) < 4.78 is 0.909. The first-order chi connectivity index (χ1) is 8.52. The zero-order valence-corrected chi connectivity index (χ0v) is 12.7. The van der Waals surface area contributed by atoms with E-state index in [1.807, 2.05) is 49.9 Å². The van der Waals surface area contributed by atoms with Crippen molar-refractivity contribution >= 4 is 21.9 Å². The van der Waals surface area contributed by atoms with Gasteiger partial charge < -0.3 is 5.11 Å². The molecule has 0 aromatic heterocycles. The molecule has 100 valence electrons. The highest BCUT2D eigenvalue weighted by Gasteiger charge is 2.43. The number of hydrogen-bond donors (Lipinski definition) is 1. The first-order valence-corrected chi connectivity index (χ1v) is 7.06. The number of carboxylic acids is 1. The Balaban J connectivity index is 3.40. The SMILES string of the molecule is CCN(CC)C(CC)(C(=O)O)c1cccc(Br)c1. The van der Waals surface area contributed by atoms with Gasteiger partial charge in [-0.25, -0.2) is 4.79 Å². The van der Waals surface area contributed by atoms with E-state index in [4.69, 9.17) is 0 Å². The van der Waals surface area contributed by atoms with E-state index in [-0.39, 0.29) is 0 Å². The van der Waals surface area contributed by atoms with E-state index in [9.17, 15) is 9.90 Å². The van der Waals surface area contributed by atoms with Gasteiger partial charge in [0.05, 0.1) is 0 Å². The fraction of sp³-hybridized carbons (Fsp3) is 0.500. The standard InChI is InChI=1S/C14H20BrNO2/c1-4-14(13(17)18,16(5-2)6-3)11-8-7-9-12(15)10-11/h7-10H,4-6H2,1-3H3,(H,17,18). The minimum atomic E-state index is -0.937.